The smallest absolute Gasteiger partial charge is 0.427 e. The average molecular weight is 340 g/mol. The summed E-state index contributed by atoms with van der Waals surface area (Å²) in [6.45, 7) is 0. The number of benzene rings is 1. The van der Waals surface area contributed by atoms with Crippen molar-refractivity contribution in [2.24, 2.45) is 17.6 Å². The Bertz CT molecular complexity index is 668. The van der Waals surface area contributed by atoms with Crippen LogP contribution in [0.1, 0.15) is 44.1 Å². The molecule has 5 heteroatoms. The number of rotatable bonds is 9. The van der Waals surface area contributed by atoms with Crippen LogP contribution in [0, 0.1) is 11.8 Å². The first-order valence-corrected chi connectivity index (χ1v) is 9.58. The molecule has 0 radical (unpaired) electrons. The minimum atomic E-state index is -1.17. The predicted molar refractivity (Wildman–Crippen MR) is 103 cm³/mol. The Morgan fingerprint density at radius 3 is 2.76 bits per heavy atom. The van der Waals surface area contributed by atoms with Crippen LogP contribution in [0.3, 0.4) is 0 Å². The molecule has 1 aliphatic rings. The number of nitrogens with two attached hydrogens (primary N) is 1. The van der Waals surface area contributed by atoms with Crippen molar-refractivity contribution < 1.29 is 10.0 Å². The van der Waals surface area contributed by atoms with Crippen molar-refractivity contribution in [2.45, 2.75) is 57.3 Å². The van der Waals surface area contributed by atoms with Gasteiger partial charge in [-0.15, -0.1) is 0 Å². The zero-order valence-corrected chi connectivity index (χ0v) is 14.8. The lowest BCUT2D eigenvalue weighted by atomic mass is 9.68. The van der Waals surface area contributed by atoms with Crippen molar-refractivity contribution >= 4 is 18.0 Å². The number of fused-ring (bicyclic) bond motifs is 1. The molecule has 3 rings (SSSR count). The van der Waals surface area contributed by atoms with Crippen molar-refractivity contribution in [1.29, 1.82) is 0 Å². The van der Waals surface area contributed by atoms with Gasteiger partial charge in [0.25, 0.3) is 0 Å². The number of nitrogens with zero attached hydrogens (tertiary/aromatic N) is 1. The highest BCUT2D eigenvalue weighted by Gasteiger charge is 2.32. The van der Waals surface area contributed by atoms with Crippen molar-refractivity contribution in [3.8, 4) is 0 Å². The minimum Gasteiger partial charge on any atom is -0.427 e. The molecule has 1 aromatic heterocycles. The first kappa shape index (κ1) is 18.4. The SMILES string of the molecule is NC(CCCCB(O)O)C1CC(CCc2cccc3cccnc23)C1. The zero-order chi connectivity index (χ0) is 17.6. The zero-order valence-electron chi connectivity index (χ0n) is 14.8. The summed E-state index contributed by atoms with van der Waals surface area (Å²) in [5, 5.41) is 18.9. The molecule has 1 aromatic carbocycles. The molecule has 1 saturated carbocycles. The standard InChI is InChI=1S/C20H29BN2O2/c22-19(8-1-2-11-21(24)25)18-13-15(14-18)9-10-17-6-3-5-16-7-4-12-23-20(16)17/h3-7,12,15,18-19,24-25H,1-2,8-11,13-14,22H2. The summed E-state index contributed by atoms with van der Waals surface area (Å²) < 4.78 is 0. The second-order valence-electron chi connectivity index (χ2n) is 7.56. The highest BCUT2D eigenvalue weighted by molar-refractivity contribution is 6.40. The molecular weight excluding hydrogens is 311 g/mol. The van der Waals surface area contributed by atoms with E-state index in [1.165, 1.54) is 30.2 Å². The van der Waals surface area contributed by atoms with Crippen LogP contribution in [0.5, 0.6) is 0 Å². The minimum absolute atomic E-state index is 0.270. The number of para-hydroxylation sites is 1. The lowest BCUT2D eigenvalue weighted by molar-refractivity contribution is 0.147. The predicted octanol–water partition coefficient (Wildman–Crippen LogP) is 3.16. The molecule has 4 nitrogen and oxygen atoms in total. The molecule has 1 aliphatic carbocycles. The summed E-state index contributed by atoms with van der Waals surface area (Å²) in [6, 6.07) is 10.8. The second kappa shape index (κ2) is 8.79. The molecule has 0 saturated heterocycles. The maximum Gasteiger partial charge on any atom is 0.451 e. The van der Waals surface area contributed by atoms with Gasteiger partial charge in [0.15, 0.2) is 0 Å². The number of hydrogen-bond acceptors (Lipinski definition) is 4. The number of hydrogen-bond donors (Lipinski definition) is 3. The van der Waals surface area contributed by atoms with Crippen molar-refractivity contribution in [1.82, 2.24) is 4.98 Å². The Labute approximate surface area is 150 Å². The number of aromatic nitrogens is 1. The highest BCUT2D eigenvalue weighted by atomic mass is 16.4. The average Bonchev–Trinajstić information content (AvgIpc) is 2.57. The van der Waals surface area contributed by atoms with E-state index in [0.29, 0.717) is 12.2 Å². The first-order valence-electron chi connectivity index (χ1n) is 9.58. The third-order valence-electron chi connectivity index (χ3n) is 5.67. The van der Waals surface area contributed by atoms with E-state index < -0.39 is 7.12 Å². The quantitative estimate of drug-likeness (QED) is 0.484. The molecule has 0 amide bonds. The second-order valence-corrected chi connectivity index (χ2v) is 7.56. The summed E-state index contributed by atoms with van der Waals surface area (Å²) in [4.78, 5) is 4.54. The van der Waals surface area contributed by atoms with Gasteiger partial charge in [0.05, 0.1) is 5.52 Å². The van der Waals surface area contributed by atoms with E-state index in [0.717, 1.165) is 37.1 Å². The normalized spacial score (nSPS) is 21.1. The molecule has 1 atom stereocenters. The van der Waals surface area contributed by atoms with E-state index in [1.54, 1.807) is 0 Å². The molecule has 0 aliphatic heterocycles. The van der Waals surface area contributed by atoms with E-state index >= 15 is 0 Å². The van der Waals surface area contributed by atoms with Crippen LogP contribution in [0.15, 0.2) is 36.5 Å². The van der Waals surface area contributed by atoms with Crippen LogP contribution in [0.4, 0.5) is 0 Å². The van der Waals surface area contributed by atoms with Crippen molar-refractivity contribution in [3.63, 3.8) is 0 Å². The third-order valence-corrected chi connectivity index (χ3v) is 5.67. The topological polar surface area (TPSA) is 79.4 Å². The van der Waals surface area contributed by atoms with Crippen LogP contribution in [-0.2, 0) is 6.42 Å². The third kappa shape index (κ3) is 5.03. The van der Waals surface area contributed by atoms with E-state index in [1.807, 2.05) is 12.3 Å². The fourth-order valence-corrected chi connectivity index (χ4v) is 4.04. The fourth-order valence-electron chi connectivity index (χ4n) is 4.04. The molecule has 1 fully saturated rings. The molecule has 0 bridgehead atoms. The Morgan fingerprint density at radius 1 is 1.16 bits per heavy atom. The maximum absolute atomic E-state index is 8.86. The van der Waals surface area contributed by atoms with Gasteiger partial charge in [0.1, 0.15) is 0 Å². The van der Waals surface area contributed by atoms with E-state index in [2.05, 4.69) is 29.2 Å². The largest absolute Gasteiger partial charge is 0.451 e. The lowest BCUT2D eigenvalue weighted by Gasteiger charge is -2.39. The highest BCUT2D eigenvalue weighted by Crippen LogP contribution is 2.39. The summed E-state index contributed by atoms with van der Waals surface area (Å²) in [5.74, 6) is 1.43. The van der Waals surface area contributed by atoms with Crippen LogP contribution in [-0.4, -0.2) is 28.2 Å². The fraction of sp³-hybridized carbons (Fsp3) is 0.550. The monoisotopic (exact) mass is 340 g/mol. The van der Waals surface area contributed by atoms with Gasteiger partial charge in [-0.1, -0.05) is 37.1 Å². The van der Waals surface area contributed by atoms with Gasteiger partial charge in [0, 0.05) is 17.6 Å². The Hall–Kier alpha value is -1.43. The number of unbranched alkanes of at least 4 members (excludes halogenated alkanes) is 1. The molecular formula is C20H29BN2O2. The van der Waals surface area contributed by atoms with Crippen LogP contribution < -0.4 is 5.73 Å². The van der Waals surface area contributed by atoms with Crippen molar-refractivity contribution in [2.75, 3.05) is 0 Å². The van der Waals surface area contributed by atoms with Crippen LogP contribution in [0.25, 0.3) is 10.9 Å². The summed E-state index contributed by atoms with van der Waals surface area (Å²) >= 11 is 0. The maximum atomic E-state index is 8.86. The molecule has 0 spiro atoms. The van der Waals surface area contributed by atoms with Gasteiger partial charge in [-0.05, 0) is 61.9 Å². The lowest BCUT2D eigenvalue weighted by Crippen LogP contribution is -2.39. The number of aryl methyl sites for hydroxylation is 1. The van der Waals surface area contributed by atoms with Gasteiger partial charge in [-0.3, -0.25) is 4.98 Å². The van der Waals surface area contributed by atoms with E-state index in [9.17, 15) is 0 Å². The Kier molecular flexibility index (Phi) is 6.46. The van der Waals surface area contributed by atoms with E-state index in [4.69, 9.17) is 15.8 Å². The molecule has 134 valence electrons. The summed E-state index contributed by atoms with van der Waals surface area (Å²) in [5.41, 5.74) is 8.80. The molecule has 2 aromatic rings. The van der Waals surface area contributed by atoms with Crippen LogP contribution in [0.2, 0.25) is 6.32 Å². The summed E-state index contributed by atoms with van der Waals surface area (Å²) in [6.07, 6.45) is 9.95. The molecule has 1 unspecified atom stereocenters. The van der Waals surface area contributed by atoms with Crippen molar-refractivity contribution in [3.05, 3.63) is 42.1 Å². The molecule has 4 N–H and O–H groups in total. The van der Waals surface area contributed by atoms with Gasteiger partial charge >= 0.3 is 7.12 Å². The molecule has 25 heavy (non-hydrogen) atoms. The Morgan fingerprint density at radius 2 is 1.96 bits per heavy atom. The van der Waals surface area contributed by atoms with E-state index in [-0.39, 0.29) is 6.04 Å². The van der Waals surface area contributed by atoms with Gasteiger partial charge in [-0.25, -0.2) is 0 Å². The summed E-state index contributed by atoms with van der Waals surface area (Å²) in [7, 11) is -1.17. The number of pyridine rings is 1. The first-order chi connectivity index (χ1) is 12.1. The van der Waals surface area contributed by atoms with Gasteiger partial charge < -0.3 is 15.8 Å². The van der Waals surface area contributed by atoms with Gasteiger partial charge in [-0.2, -0.15) is 0 Å². The van der Waals surface area contributed by atoms with Crippen LogP contribution >= 0.6 is 0 Å². The Balaban J connectivity index is 1.39. The molecule has 1 heterocycles. The van der Waals surface area contributed by atoms with Gasteiger partial charge in [0.2, 0.25) is 0 Å².